The largest absolute Gasteiger partial charge is 0.444 e. The van der Waals surface area contributed by atoms with Crippen LogP contribution in [0.15, 0.2) is 36.4 Å². The summed E-state index contributed by atoms with van der Waals surface area (Å²) >= 11 is 12.8. The monoisotopic (exact) mass is 582 g/mol. The Morgan fingerprint density at radius 1 is 1.05 bits per heavy atom. The van der Waals surface area contributed by atoms with Crippen LogP contribution >= 0.6 is 23.2 Å². The van der Waals surface area contributed by atoms with Gasteiger partial charge in [0.25, 0.3) is 5.91 Å². The van der Waals surface area contributed by atoms with Gasteiger partial charge in [0.15, 0.2) is 5.69 Å². The second-order valence-electron chi connectivity index (χ2n) is 12.1. The topological polar surface area (TPSA) is 67.7 Å². The predicted molar refractivity (Wildman–Crippen MR) is 159 cm³/mol. The highest BCUT2D eigenvalue weighted by molar-refractivity contribution is 6.31. The molecule has 0 radical (unpaired) electrons. The Morgan fingerprint density at radius 3 is 2.38 bits per heavy atom. The van der Waals surface area contributed by atoms with Crippen molar-refractivity contribution in [3.63, 3.8) is 0 Å². The van der Waals surface area contributed by atoms with Crippen molar-refractivity contribution in [2.24, 2.45) is 0 Å². The minimum absolute atomic E-state index is 0.0587. The van der Waals surface area contributed by atoms with Crippen molar-refractivity contribution in [1.29, 1.82) is 0 Å². The number of hydrogen-bond acceptors (Lipinski definition) is 4. The molecule has 1 fully saturated rings. The quantitative estimate of drug-likeness (QED) is 0.314. The first-order valence-electron chi connectivity index (χ1n) is 13.7. The van der Waals surface area contributed by atoms with E-state index < -0.39 is 11.6 Å². The van der Waals surface area contributed by atoms with Gasteiger partial charge >= 0.3 is 6.09 Å². The van der Waals surface area contributed by atoms with Gasteiger partial charge < -0.3 is 9.64 Å². The molecule has 9 heteroatoms. The van der Waals surface area contributed by atoms with Crippen LogP contribution < -0.4 is 4.90 Å². The average Bonchev–Trinajstić information content (AvgIpc) is 3.54. The van der Waals surface area contributed by atoms with Gasteiger partial charge in [-0.15, -0.1) is 0 Å². The fourth-order valence-electron chi connectivity index (χ4n) is 5.87. The maximum absolute atomic E-state index is 14.3. The predicted octanol–water partition coefficient (Wildman–Crippen LogP) is 7.86. The molecule has 212 valence electrons. The van der Waals surface area contributed by atoms with Crippen LogP contribution in [0.5, 0.6) is 0 Å². The molecule has 1 aromatic heterocycles. The summed E-state index contributed by atoms with van der Waals surface area (Å²) in [4.78, 5) is 30.6. The molecule has 0 N–H and O–H groups in total. The molecule has 40 heavy (non-hydrogen) atoms. The number of amides is 2. The summed E-state index contributed by atoms with van der Waals surface area (Å²) < 4.78 is 7.62. The Balaban J connectivity index is 1.63. The zero-order valence-corrected chi connectivity index (χ0v) is 25.6. The second-order valence-corrected chi connectivity index (χ2v) is 13.0. The minimum Gasteiger partial charge on any atom is -0.444 e. The highest BCUT2D eigenvalue weighted by Gasteiger charge is 2.47. The number of anilines is 1. The Labute approximate surface area is 246 Å². The summed E-state index contributed by atoms with van der Waals surface area (Å²) in [6.07, 6.45) is 0.407. The van der Waals surface area contributed by atoms with E-state index in [0.29, 0.717) is 28.8 Å². The number of aryl methyl sites for hydroxylation is 2. The SMILES string of the molecule is Cc1cc(Cl)ccc1C1c2c(nn(C3CCN(C(=O)OC(C)(C)C)C3)c2C(C)C)C(=O)N1c1cc(Cl)ccc1C. The fraction of sp³-hybridized carbons (Fsp3) is 0.452. The third-order valence-electron chi connectivity index (χ3n) is 7.60. The van der Waals surface area contributed by atoms with Crippen LogP contribution in [0.1, 0.15) is 97.5 Å². The van der Waals surface area contributed by atoms with E-state index in [1.165, 1.54) is 0 Å². The number of carbonyl (C=O) groups is 2. The molecule has 2 atom stereocenters. The Kier molecular flexibility index (Phi) is 7.42. The van der Waals surface area contributed by atoms with Gasteiger partial charge in [0.05, 0.1) is 12.1 Å². The van der Waals surface area contributed by atoms with Gasteiger partial charge in [0.2, 0.25) is 0 Å². The van der Waals surface area contributed by atoms with Crippen molar-refractivity contribution in [1.82, 2.24) is 14.7 Å². The molecule has 0 spiro atoms. The normalized spacial score (nSPS) is 19.1. The first-order chi connectivity index (χ1) is 18.8. The minimum atomic E-state index is -0.566. The molecule has 2 amide bonds. The number of aromatic nitrogens is 2. The van der Waals surface area contributed by atoms with Crippen molar-refractivity contribution in [2.45, 2.75) is 78.5 Å². The third kappa shape index (κ3) is 5.10. The second kappa shape index (κ2) is 10.4. The van der Waals surface area contributed by atoms with E-state index in [1.54, 1.807) is 4.90 Å². The van der Waals surface area contributed by atoms with Crippen molar-refractivity contribution in [2.75, 3.05) is 18.0 Å². The van der Waals surface area contributed by atoms with E-state index in [0.717, 1.165) is 40.1 Å². The summed E-state index contributed by atoms with van der Waals surface area (Å²) in [5, 5.41) is 6.19. The van der Waals surface area contributed by atoms with Crippen LogP contribution in [0.4, 0.5) is 10.5 Å². The molecule has 5 rings (SSSR count). The Bertz CT molecular complexity index is 1490. The molecule has 2 aromatic carbocycles. The smallest absolute Gasteiger partial charge is 0.410 e. The van der Waals surface area contributed by atoms with Crippen LogP contribution in [0.2, 0.25) is 10.0 Å². The molecular formula is C31H36Cl2N4O3. The first kappa shape index (κ1) is 28.5. The van der Waals surface area contributed by atoms with Crippen LogP contribution in [0, 0.1) is 13.8 Å². The Morgan fingerprint density at radius 2 is 1.73 bits per heavy atom. The number of nitrogens with zero attached hydrogens (tertiary/aromatic N) is 4. The Hall–Kier alpha value is -3.03. The number of carbonyl (C=O) groups excluding carboxylic acids is 2. The fourth-order valence-corrected chi connectivity index (χ4v) is 6.26. The summed E-state index contributed by atoms with van der Waals surface area (Å²) in [7, 11) is 0. The maximum atomic E-state index is 14.3. The molecule has 2 aliphatic rings. The van der Waals surface area contributed by atoms with Crippen molar-refractivity contribution in [3.8, 4) is 0 Å². The van der Waals surface area contributed by atoms with E-state index in [-0.39, 0.29) is 24.0 Å². The molecule has 2 aliphatic heterocycles. The van der Waals surface area contributed by atoms with E-state index >= 15 is 0 Å². The van der Waals surface area contributed by atoms with Gasteiger partial charge in [-0.05, 0) is 87.9 Å². The lowest BCUT2D eigenvalue weighted by atomic mass is 9.91. The van der Waals surface area contributed by atoms with Crippen molar-refractivity contribution < 1.29 is 14.3 Å². The average molecular weight is 584 g/mol. The van der Waals surface area contributed by atoms with E-state index in [2.05, 4.69) is 13.8 Å². The van der Waals surface area contributed by atoms with Gasteiger partial charge in [-0.1, -0.05) is 49.2 Å². The molecule has 3 aromatic rings. The number of benzene rings is 2. The lowest BCUT2D eigenvalue weighted by molar-refractivity contribution is 0.0288. The van der Waals surface area contributed by atoms with Crippen molar-refractivity contribution >= 4 is 40.9 Å². The van der Waals surface area contributed by atoms with Gasteiger partial charge in [-0.25, -0.2) is 4.79 Å². The molecular weight excluding hydrogens is 547 g/mol. The summed E-state index contributed by atoms with van der Waals surface area (Å²) in [5.41, 5.74) is 5.46. The van der Waals surface area contributed by atoms with Crippen molar-refractivity contribution in [3.05, 3.63) is 80.1 Å². The molecule has 3 heterocycles. The molecule has 7 nitrogen and oxygen atoms in total. The number of fused-ring (bicyclic) bond motifs is 1. The van der Waals surface area contributed by atoms with Crippen LogP contribution in [-0.4, -0.2) is 45.4 Å². The maximum Gasteiger partial charge on any atom is 0.410 e. The van der Waals surface area contributed by atoms with E-state index in [4.69, 9.17) is 33.0 Å². The van der Waals surface area contributed by atoms with Gasteiger partial charge in [-0.2, -0.15) is 5.10 Å². The molecule has 2 unspecified atom stereocenters. The lowest BCUT2D eigenvalue weighted by Crippen LogP contribution is -2.36. The number of likely N-dealkylation sites (tertiary alicyclic amines) is 1. The number of rotatable bonds is 4. The summed E-state index contributed by atoms with van der Waals surface area (Å²) in [6.45, 7) is 14.9. The standard InChI is InChI=1S/C31H36Cl2N4O3/c1-17(2)27-25-26(34-37(27)22-12-13-35(16-22)30(39)40-31(5,6)7)29(38)36(24-15-21(33)9-8-18(24)3)28(25)23-11-10-20(32)14-19(23)4/h8-11,14-15,17,22,28H,12-13,16H2,1-7H3. The zero-order chi connectivity index (χ0) is 29.1. The molecule has 0 aliphatic carbocycles. The van der Waals surface area contributed by atoms with Crippen LogP contribution in [0.25, 0.3) is 0 Å². The van der Waals surface area contributed by atoms with Crippen LogP contribution in [-0.2, 0) is 4.74 Å². The van der Waals surface area contributed by atoms with E-state index in [9.17, 15) is 9.59 Å². The number of hydrogen-bond donors (Lipinski definition) is 0. The van der Waals surface area contributed by atoms with Gasteiger partial charge in [0.1, 0.15) is 5.60 Å². The molecule has 0 saturated carbocycles. The lowest BCUT2D eigenvalue weighted by Gasteiger charge is -2.30. The number of halogens is 2. The summed E-state index contributed by atoms with van der Waals surface area (Å²) in [5.74, 6) is -0.0856. The van der Waals surface area contributed by atoms with Crippen LogP contribution in [0.3, 0.4) is 0 Å². The first-order valence-corrected chi connectivity index (χ1v) is 14.5. The molecule has 1 saturated heterocycles. The number of ether oxygens (including phenoxy) is 1. The third-order valence-corrected chi connectivity index (χ3v) is 8.07. The van der Waals surface area contributed by atoms with Gasteiger partial charge in [0, 0.05) is 40.1 Å². The zero-order valence-electron chi connectivity index (χ0n) is 24.1. The highest BCUT2D eigenvalue weighted by Crippen LogP contribution is 2.48. The van der Waals surface area contributed by atoms with E-state index in [1.807, 2.05) is 80.6 Å². The summed E-state index contributed by atoms with van der Waals surface area (Å²) in [6, 6.07) is 10.9. The van der Waals surface area contributed by atoms with Gasteiger partial charge in [-0.3, -0.25) is 14.4 Å². The highest BCUT2D eigenvalue weighted by atomic mass is 35.5. The molecule has 0 bridgehead atoms.